The summed E-state index contributed by atoms with van der Waals surface area (Å²) >= 11 is 0. The largest absolute Gasteiger partial charge is 0.493 e. The SMILES string of the molecule is COc1ccc(-c2noc(Cn3nnc(-c4ccc(F)cc4)n3)n2)cc1OC. The van der Waals surface area contributed by atoms with Gasteiger partial charge in [0.25, 0.3) is 5.89 Å². The molecule has 28 heavy (non-hydrogen) atoms. The molecule has 4 rings (SSSR count). The number of hydrogen-bond acceptors (Lipinski definition) is 8. The number of hydrogen-bond donors (Lipinski definition) is 0. The van der Waals surface area contributed by atoms with Gasteiger partial charge in [0.2, 0.25) is 11.6 Å². The Bertz CT molecular complexity index is 1090. The van der Waals surface area contributed by atoms with Gasteiger partial charge in [-0.05, 0) is 47.7 Å². The van der Waals surface area contributed by atoms with Crippen LogP contribution < -0.4 is 9.47 Å². The molecule has 0 radical (unpaired) electrons. The molecule has 0 atom stereocenters. The van der Waals surface area contributed by atoms with Gasteiger partial charge in [-0.1, -0.05) is 5.16 Å². The zero-order valence-corrected chi connectivity index (χ0v) is 15.0. The predicted octanol–water partition coefficient (Wildman–Crippen LogP) is 2.59. The molecule has 2 aromatic heterocycles. The first kappa shape index (κ1) is 17.6. The summed E-state index contributed by atoms with van der Waals surface area (Å²) < 4.78 is 28.8. The van der Waals surface area contributed by atoms with Crippen LogP contribution in [0.15, 0.2) is 47.0 Å². The standard InChI is InChI=1S/C18H15FN6O3/c1-26-14-8-5-12(9-15(14)27-2)17-20-16(28-23-17)10-25-22-18(21-24-25)11-3-6-13(19)7-4-11/h3-9H,10H2,1-2H3. The Morgan fingerprint density at radius 1 is 0.964 bits per heavy atom. The van der Waals surface area contributed by atoms with Crippen molar-refractivity contribution < 1.29 is 18.4 Å². The van der Waals surface area contributed by atoms with Crippen LogP contribution in [0.2, 0.25) is 0 Å². The molecular weight excluding hydrogens is 367 g/mol. The first-order valence-electron chi connectivity index (χ1n) is 8.25. The van der Waals surface area contributed by atoms with E-state index in [4.69, 9.17) is 14.0 Å². The molecule has 0 aliphatic carbocycles. The van der Waals surface area contributed by atoms with Gasteiger partial charge >= 0.3 is 0 Å². The molecule has 10 heteroatoms. The van der Waals surface area contributed by atoms with Gasteiger partial charge in [0, 0.05) is 11.1 Å². The summed E-state index contributed by atoms with van der Waals surface area (Å²) in [5.74, 6) is 1.93. The molecule has 0 unspecified atom stereocenters. The number of aromatic nitrogens is 6. The monoisotopic (exact) mass is 382 g/mol. The lowest BCUT2D eigenvalue weighted by atomic mass is 10.2. The smallest absolute Gasteiger partial charge is 0.250 e. The van der Waals surface area contributed by atoms with Crippen molar-refractivity contribution in [2.24, 2.45) is 0 Å². The lowest BCUT2D eigenvalue weighted by Gasteiger charge is -2.07. The van der Waals surface area contributed by atoms with E-state index in [0.29, 0.717) is 40.2 Å². The zero-order valence-electron chi connectivity index (χ0n) is 15.0. The third-order valence-electron chi connectivity index (χ3n) is 3.94. The number of ether oxygens (including phenoxy) is 2. The molecule has 2 heterocycles. The number of rotatable bonds is 6. The Balaban J connectivity index is 1.52. The molecule has 0 saturated carbocycles. The Morgan fingerprint density at radius 2 is 1.71 bits per heavy atom. The summed E-state index contributed by atoms with van der Waals surface area (Å²) in [4.78, 5) is 5.67. The molecule has 0 bridgehead atoms. The number of benzene rings is 2. The van der Waals surface area contributed by atoms with E-state index in [9.17, 15) is 4.39 Å². The van der Waals surface area contributed by atoms with Crippen LogP contribution in [0.5, 0.6) is 11.5 Å². The van der Waals surface area contributed by atoms with Gasteiger partial charge in [-0.2, -0.15) is 9.78 Å². The van der Waals surface area contributed by atoms with Crippen molar-refractivity contribution in [2.75, 3.05) is 14.2 Å². The van der Waals surface area contributed by atoms with Crippen molar-refractivity contribution in [3.8, 4) is 34.3 Å². The van der Waals surface area contributed by atoms with Crippen molar-refractivity contribution in [2.45, 2.75) is 6.54 Å². The van der Waals surface area contributed by atoms with Gasteiger partial charge in [-0.15, -0.1) is 10.2 Å². The van der Waals surface area contributed by atoms with Crippen molar-refractivity contribution in [1.29, 1.82) is 0 Å². The van der Waals surface area contributed by atoms with E-state index in [1.807, 2.05) is 0 Å². The van der Waals surface area contributed by atoms with Crippen LogP contribution in [0.1, 0.15) is 5.89 Å². The number of tetrazole rings is 1. The molecule has 0 saturated heterocycles. The van der Waals surface area contributed by atoms with Crippen LogP contribution in [0.25, 0.3) is 22.8 Å². The average molecular weight is 382 g/mol. The summed E-state index contributed by atoms with van der Waals surface area (Å²) in [5.41, 5.74) is 1.37. The lowest BCUT2D eigenvalue weighted by Crippen LogP contribution is -2.04. The Kier molecular flexibility index (Phi) is 4.67. The maximum atomic E-state index is 13.0. The molecule has 0 amide bonds. The lowest BCUT2D eigenvalue weighted by molar-refractivity contribution is 0.354. The second-order valence-corrected chi connectivity index (χ2v) is 5.73. The zero-order chi connectivity index (χ0) is 19.5. The van der Waals surface area contributed by atoms with Crippen LogP contribution in [-0.4, -0.2) is 44.6 Å². The van der Waals surface area contributed by atoms with Crippen LogP contribution in [0.4, 0.5) is 4.39 Å². The predicted molar refractivity (Wildman–Crippen MR) is 95.2 cm³/mol. The molecule has 9 nitrogen and oxygen atoms in total. The summed E-state index contributed by atoms with van der Waals surface area (Å²) in [6, 6.07) is 11.2. The highest BCUT2D eigenvalue weighted by molar-refractivity contribution is 5.60. The third-order valence-corrected chi connectivity index (χ3v) is 3.94. The highest BCUT2D eigenvalue weighted by Crippen LogP contribution is 2.31. The van der Waals surface area contributed by atoms with Crippen molar-refractivity contribution in [1.82, 2.24) is 30.3 Å². The van der Waals surface area contributed by atoms with Crippen LogP contribution in [0.3, 0.4) is 0 Å². The van der Waals surface area contributed by atoms with E-state index >= 15 is 0 Å². The summed E-state index contributed by atoms with van der Waals surface area (Å²) in [7, 11) is 3.12. The number of halogens is 1. The highest BCUT2D eigenvalue weighted by atomic mass is 19.1. The molecule has 0 aliphatic rings. The number of methoxy groups -OCH3 is 2. The summed E-state index contributed by atoms with van der Waals surface area (Å²) in [6.45, 7) is 0.147. The van der Waals surface area contributed by atoms with Crippen LogP contribution in [0, 0.1) is 5.82 Å². The highest BCUT2D eigenvalue weighted by Gasteiger charge is 2.14. The van der Waals surface area contributed by atoms with Crippen molar-refractivity contribution in [3.05, 3.63) is 54.2 Å². The summed E-state index contributed by atoms with van der Waals surface area (Å²) in [5, 5.41) is 16.1. The quantitative estimate of drug-likeness (QED) is 0.502. The first-order chi connectivity index (χ1) is 13.7. The second-order valence-electron chi connectivity index (χ2n) is 5.73. The van der Waals surface area contributed by atoms with E-state index in [1.54, 1.807) is 44.6 Å². The molecule has 0 fully saturated rings. The maximum absolute atomic E-state index is 13.0. The fourth-order valence-electron chi connectivity index (χ4n) is 2.56. The number of nitrogens with zero attached hydrogens (tertiary/aromatic N) is 6. The molecular formula is C18H15FN6O3. The molecule has 142 valence electrons. The molecule has 4 aromatic rings. The van der Waals surface area contributed by atoms with E-state index in [0.717, 1.165) is 0 Å². The van der Waals surface area contributed by atoms with Crippen molar-refractivity contribution >= 4 is 0 Å². The molecule has 2 aromatic carbocycles. The minimum Gasteiger partial charge on any atom is -0.493 e. The summed E-state index contributed by atoms with van der Waals surface area (Å²) in [6.07, 6.45) is 0. The minimum absolute atomic E-state index is 0.147. The molecule has 0 aliphatic heterocycles. The Morgan fingerprint density at radius 3 is 2.46 bits per heavy atom. The average Bonchev–Trinajstić information content (AvgIpc) is 3.38. The van der Waals surface area contributed by atoms with Gasteiger partial charge < -0.3 is 14.0 Å². The maximum Gasteiger partial charge on any atom is 0.250 e. The molecule has 0 spiro atoms. The van der Waals surface area contributed by atoms with Gasteiger partial charge in [0.1, 0.15) is 12.4 Å². The topological polar surface area (TPSA) is 101 Å². The van der Waals surface area contributed by atoms with Crippen LogP contribution in [-0.2, 0) is 6.54 Å². The second kappa shape index (κ2) is 7.43. The van der Waals surface area contributed by atoms with Crippen molar-refractivity contribution in [3.63, 3.8) is 0 Å². The van der Waals surface area contributed by atoms with E-state index in [-0.39, 0.29) is 12.4 Å². The fourth-order valence-corrected chi connectivity index (χ4v) is 2.56. The Hall–Kier alpha value is -3.82. The van der Waals surface area contributed by atoms with Crippen LogP contribution >= 0.6 is 0 Å². The van der Waals surface area contributed by atoms with E-state index < -0.39 is 0 Å². The van der Waals surface area contributed by atoms with E-state index in [2.05, 4.69) is 25.6 Å². The Labute approximate surface area is 158 Å². The minimum atomic E-state index is -0.329. The first-order valence-corrected chi connectivity index (χ1v) is 8.25. The van der Waals surface area contributed by atoms with Gasteiger partial charge in [-0.25, -0.2) is 4.39 Å². The third kappa shape index (κ3) is 3.52. The van der Waals surface area contributed by atoms with Gasteiger partial charge in [0.05, 0.1) is 14.2 Å². The van der Waals surface area contributed by atoms with Gasteiger partial charge in [0.15, 0.2) is 11.5 Å². The van der Waals surface area contributed by atoms with E-state index in [1.165, 1.54) is 16.9 Å². The fraction of sp³-hybridized carbons (Fsp3) is 0.167. The normalized spacial score (nSPS) is 10.8. The van der Waals surface area contributed by atoms with Gasteiger partial charge in [-0.3, -0.25) is 0 Å². The molecule has 0 N–H and O–H groups in total.